The number of benzene rings is 3. The van der Waals surface area contributed by atoms with Gasteiger partial charge in [-0.25, -0.2) is 0 Å². The molecule has 5 nitrogen and oxygen atoms in total. The summed E-state index contributed by atoms with van der Waals surface area (Å²) in [6, 6.07) is 23.4. The fourth-order valence-corrected chi connectivity index (χ4v) is 5.40. The first kappa shape index (κ1) is 20.2. The highest BCUT2D eigenvalue weighted by atomic mass is 35.5. The van der Waals surface area contributed by atoms with E-state index in [1.807, 2.05) is 89.3 Å². The Morgan fingerprint density at radius 3 is 2.19 bits per heavy atom. The number of carbonyl (C=O) groups is 1. The molecule has 1 amide bonds. The van der Waals surface area contributed by atoms with Crippen LogP contribution in [0.15, 0.2) is 87.7 Å². The van der Waals surface area contributed by atoms with Gasteiger partial charge in [0, 0.05) is 27.4 Å². The highest BCUT2D eigenvalue weighted by Crippen LogP contribution is 2.48. The molecule has 0 fully saturated rings. The van der Waals surface area contributed by atoms with Gasteiger partial charge in [0.25, 0.3) is 0 Å². The van der Waals surface area contributed by atoms with Crippen molar-refractivity contribution in [3.05, 3.63) is 77.8 Å². The Hall–Kier alpha value is -2.74. The summed E-state index contributed by atoms with van der Waals surface area (Å²) in [5.41, 5.74) is 2.75. The second kappa shape index (κ2) is 8.42. The normalized spacial score (nSPS) is 12.4. The number of anilines is 2. The predicted molar refractivity (Wildman–Crippen MR) is 126 cm³/mol. The van der Waals surface area contributed by atoms with Crippen LogP contribution in [-0.4, -0.2) is 26.4 Å². The maximum absolute atomic E-state index is 13.3. The summed E-state index contributed by atoms with van der Waals surface area (Å²) < 4.78 is 1.90. The monoisotopic (exact) mass is 464 g/mol. The topological polar surface area (TPSA) is 51.0 Å². The Morgan fingerprint density at radius 1 is 0.935 bits per heavy atom. The Kier molecular flexibility index (Phi) is 5.48. The third-order valence-corrected chi connectivity index (χ3v) is 7.33. The molecule has 0 unspecified atom stereocenters. The molecule has 1 aromatic heterocycles. The molecule has 0 N–H and O–H groups in total. The van der Waals surface area contributed by atoms with Crippen LogP contribution in [0.25, 0.3) is 11.4 Å². The number of hydrogen-bond donors (Lipinski definition) is 0. The highest BCUT2D eigenvalue weighted by Gasteiger charge is 2.28. The largest absolute Gasteiger partial charge is 0.305 e. The van der Waals surface area contributed by atoms with Crippen molar-refractivity contribution in [3.8, 4) is 11.4 Å². The fourth-order valence-electron chi connectivity index (χ4n) is 3.46. The number of para-hydroxylation sites is 2. The lowest BCUT2D eigenvalue weighted by atomic mass is 10.2. The van der Waals surface area contributed by atoms with Gasteiger partial charge in [0.05, 0.1) is 17.1 Å². The van der Waals surface area contributed by atoms with E-state index in [4.69, 9.17) is 11.6 Å². The number of hydrogen-bond acceptors (Lipinski definition) is 5. The first-order valence-electron chi connectivity index (χ1n) is 9.59. The maximum Gasteiger partial charge on any atom is 0.242 e. The molecule has 0 saturated heterocycles. The minimum Gasteiger partial charge on any atom is -0.305 e. The van der Waals surface area contributed by atoms with Gasteiger partial charge >= 0.3 is 0 Å². The van der Waals surface area contributed by atoms with Crippen molar-refractivity contribution in [2.24, 2.45) is 7.05 Å². The van der Waals surface area contributed by atoms with Gasteiger partial charge in [0.15, 0.2) is 11.0 Å². The lowest BCUT2D eigenvalue weighted by Gasteiger charge is -2.30. The molecule has 8 heteroatoms. The van der Waals surface area contributed by atoms with Gasteiger partial charge in [-0.2, -0.15) is 0 Å². The molecule has 31 heavy (non-hydrogen) atoms. The summed E-state index contributed by atoms with van der Waals surface area (Å²) in [6.45, 7) is 0. The van der Waals surface area contributed by atoms with Crippen LogP contribution in [0, 0.1) is 0 Å². The summed E-state index contributed by atoms with van der Waals surface area (Å²) in [7, 11) is 1.90. The standard InChI is InChI=1S/C23H17ClN4OS2/c1-27-22(15-10-12-16(24)13-11-15)25-26-23(27)30-14-21(29)28-17-6-2-4-8-19(17)31-20-9-5-3-7-18(20)28/h2-13H,14H2,1H3. The number of amides is 1. The molecule has 5 rings (SSSR count). The van der Waals surface area contributed by atoms with Gasteiger partial charge in [0.2, 0.25) is 5.91 Å². The van der Waals surface area contributed by atoms with Crippen LogP contribution in [0.4, 0.5) is 11.4 Å². The summed E-state index contributed by atoms with van der Waals surface area (Å²) in [4.78, 5) is 17.3. The first-order chi connectivity index (χ1) is 15.1. The number of aromatic nitrogens is 3. The van der Waals surface area contributed by atoms with E-state index >= 15 is 0 Å². The molecular weight excluding hydrogens is 448 g/mol. The zero-order valence-corrected chi connectivity index (χ0v) is 18.9. The minimum absolute atomic E-state index is 0.00115. The molecule has 154 valence electrons. The molecule has 2 heterocycles. The Morgan fingerprint density at radius 2 is 1.55 bits per heavy atom. The summed E-state index contributed by atoms with van der Waals surface area (Å²) in [5.74, 6) is 0.984. The van der Waals surface area contributed by atoms with E-state index in [0.29, 0.717) is 10.2 Å². The van der Waals surface area contributed by atoms with Crippen molar-refractivity contribution in [1.29, 1.82) is 0 Å². The number of rotatable bonds is 4. The van der Waals surface area contributed by atoms with Crippen molar-refractivity contribution >= 4 is 52.4 Å². The van der Waals surface area contributed by atoms with Crippen molar-refractivity contribution in [2.75, 3.05) is 10.7 Å². The van der Waals surface area contributed by atoms with Crippen molar-refractivity contribution in [1.82, 2.24) is 14.8 Å². The van der Waals surface area contributed by atoms with E-state index in [1.165, 1.54) is 11.8 Å². The molecule has 3 aromatic carbocycles. The molecule has 0 aliphatic carbocycles. The second-order valence-corrected chi connectivity index (χ2v) is 9.39. The number of halogens is 1. The first-order valence-corrected chi connectivity index (χ1v) is 11.8. The van der Waals surface area contributed by atoms with E-state index in [-0.39, 0.29) is 11.7 Å². The molecule has 0 radical (unpaired) electrons. The Bertz CT molecular complexity index is 1230. The van der Waals surface area contributed by atoms with Crippen LogP contribution in [-0.2, 0) is 11.8 Å². The third-order valence-electron chi connectivity index (χ3n) is 4.94. The van der Waals surface area contributed by atoms with Gasteiger partial charge < -0.3 is 4.57 Å². The lowest BCUT2D eigenvalue weighted by Crippen LogP contribution is -2.30. The van der Waals surface area contributed by atoms with Crippen molar-refractivity contribution in [3.63, 3.8) is 0 Å². The zero-order valence-electron chi connectivity index (χ0n) is 16.5. The average Bonchev–Trinajstić information content (AvgIpc) is 3.16. The third kappa shape index (κ3) is 3.84. The highest BCUT2D eigenvalue weighted by molar-refractivity contribution is 8.00. The van der Waals surface area contributed by atoms with Crippen molar-refractivity contribution < 1.29 is 4.79 Å². The molecule has 0 saturated carbocycles. The quantitative estimate of drug-likeness (QED) is 0.344. The van der Waals surface area contributed by atoms with Crippen LogP contribution < -0.4 is 4.90 Å². The summed E-state index contributed by atoms with van der Waals surface area (Å²) in [6.07, 6.45) is 0. The number of nitrogens with zero attached hydrogens (tertiary/aromatic N) is 4. The molecular formula is C23H17ClN4OS2. The van der Waals surface area contributed by atoms with Gasteiger partial charge in [-0.3, -0.25) is 9.69 Å². The van der Waals surface area contributed by atoms with E-state index in [9.17, 15) is 4.79 Å². The van der Waals surface area contributed by atoms with Gasteiger partial charge in [0.1, 0.15) is 0 Å². The molecule has 0 bridgehead atoms. The van der Waals surface area contributed by atoms with Crippen LogP contribution in [0.5, 0.6) is 0 Å². The SMILES string of the molecule is Cn1c(SCC(=O)N2c3ccccc3Sc3ccccc32)nnc1-c1ccc(Cl)cc1. The second-order valence-electron chi connectivity index (χ2n) is 6.93. The average molecular weight is 465 g/mol. The smallest absolute Gasteiger partial charge is 0.242 e. The van der Waals surface area contributed by atoms with Crippen LogP contribution in [0.2, 0.25) is 5.02 Å². The fraction of sp³-hybridized carbons (Fsp3) is 0.0870. The van der Waals surface area contributed by atoms with E-state index in [1.54, 1.807) is 11.8 Å². The van der Waals surface area contributed by atoms with E-state index in [2.05, 4.69) is 10.2 Å². The lowest BCUT2D eigenvalue weighted by molar-refractivity contribution is -0.115. The Balaban J connectivity index is 1.39. The number of fused-ring (bicyclic) bond motifs is 2. The van der Waals surface area contributed by atoms with E-state index < -0.39 is 0 Å². The molecule has 1 aliphatic heterocycles. The van der Waals surface area contributed by atoms with Crippen LogP contribution in [0.3, 0.4) is 0 Å². The molecule has 0 atom stereocenters. The van der Waals surface area contributed by atoms with Gasteiger partial charge in [-0.15, -0.1) is 10.2 Å². The minimum atomic E-state index is 0.00115. The maximum atomic E-state index is 13.3. The summed E-state index contributed by atoms with van der Waals surface area (Å²) in [5, 5.41) is 9.95. The molecule has 0 spiro atoms. The van der Waals surface area contributed by atoms with Gasteiger partial charge in [-0.1, -0.05) is 59.4 Å². The van der Waals surface area contributed by atoms with Crippen LogP contribution in [0.1, 0.15) is 0 Å². The Labute approximate surface area is 193 Å². The van der Waals surface area contributed by atoms with E-state index in [0.717, 1.165) is 32.6 Å². The van der Waals surface area contributed by atoms with Gasteiger partial charge in [-0.05, 0) is 48.5 Å². The summed E-state index contributed by atoms with van der Waals surface area (Å²) >= 11 is 9.05. The molecule has 4 aromatic rings. The zero-order chi connectivity index (χ0) is 21.4. The van der Waals surface area contributed by atoms with Crippen LogP contribution >= 0.6 is 35.1 Å². The molecule has 1 aliphatic rings. The predicted octanol–water partition coefficient (Wildman–Crippen LogP) is 6.06. The number of carbonyl (C=O) groups excluding carboxylic acids is 1. The number of thioether (sulfide) groups is 1. The van der Waals surface area contributed by atoms with Crippen molar-refractivity contribution in [2.45, 2.75) is 14.9 Å².